The number of hydrogen-bond donors (Lipinski definition) is 0. The van der Waals surface area contributed by atoms with Crippen LogP contribution in [0.15, 0.2) is 18.2 Å². The molecular weight excluding hydrogens is 314 g/mol. The molecule has 0 radical (unpaired) electrons. The summed E-state index contributed by atoms with van der Waals surface area (Å²) in [6.07, 6.45) is 1.23. The van der Waals surface area contributed by atoms with Crippen LogP contribution in [0.2, 0.25) is 5.02 Å². The number of benzene rings is 1. The van der Waals surface area contributed by atoms with Gasteiger partial charge in [-0.15, -0.1) is 0 Å². The average molecular weight is 338 g/mol. The molecule has 4 nitrogen and oxygen atoms in total. The highest BCUT2D eigenvalue weighted by molar-refractivity contribution is 6.31. The summed E-state index contributed by atoms with van der Waals surface area (Å²) in [6.45, 7) is 8.46. The third-order valence-corrected chi connectivity index (χ3v) is 4.14. The zero-order valence-corrected chi connectivity index (χ0v) is 14.9. The number of ketones is 1. The molecule has 1 saturated heterocycles. The molecule has 1 heterocycles. The molecule has 1 atom stereocenters. The molecule has 0 spiro atoms. The summed E-state index contributed by atoms with van der Waals surface area (Å²) < 4.78 is 5.41. The van der Waals surface area contributed by atoms with Gasteiger partial charge in [0.05, 0.1) is 0 Å². The second-order valence-corrected chi connectivity index (χ2v) is 7.53. The van der Waals surface area contributed by atoms with E-state index in [1.165, 1.54) is 0 Å². The number of ether oxygens (including phenoxy) is 1. The lowest BCUT2D eigenvalue weighted by Crippen LogP contribution is -2.44. The molecule has 0 aromatic heterocycles. The average Bonchev–Trinajstić information content (AvgIpc) is 2.47. The maximum absolute atomic E-state index is 12.8. The first-order chi connectivity index (χ1) is 10.7. The van der Waals surface area contributed by atoms with Crippen LogP contribution in [0.3, 0.4) is 0 Å². The number of carbonyl (C=O) groups excluding carboxylic acids is 2. The number of amides is 1. The van der Waals surface area contributed by atoms with E-state index in [1.807, 2.05) is 33.8 Å². The van der Waals surface area contributed by atoms with Crippen LogP contribution in [-0.2, 0) is 4.74 Å². The second kappa shape index (κ2) is 6.91. The summed E-state index contributed by atoms with van der Waals surface area (Å²) in [6, 6.07) is 5.34. The predicted octanol–water partition coefficient (Wildman–Crippen LogP) is 4.48. The van der Waals surface area contributed by atoms with E-state index in [0.717, 1.165) is 18.4 Å². The van der Waals surface area contributed by atoms with Crippen molar-refractivity contribution in [1.82, 2.24) is 4.90 Å². The fraction of sp³-hybridized carbons (Fsp3) is 0.556. The van der Waals surface area contributed by atoms with E-state index in [1.54, 1.807) is 17.0 Å². The van der Waals surface area contributed by atoms with Crippen LogP contribution in [0.1, 0.15) is 49.5 Å². The molecule has 0 bridgehead atoms. The van der Waals surface area contributed by atoms with Gasteiger partial charge in [0, 0.05) is 29.6 Å². The Labute approximate surface area is 142 Å². The van der Waals surface area contributed by atoms with Gasteiger partial charge in [-0.25, -0.2) is 4.79 Å². The summed E-state index contributed by atoms with van der Waals surface area (Å²) in [5, 5.41) is 0.554. The molecule has 1 fully saturated rings. The van der Waals surface area contributed by atoms with Crippen molar-refractivity contribution in [2.45, 2.75) is 46.1 Å². The molecule has 0 N–H and O–H groups in total. The molecule has 23 heavy (non-hydrogen) atoms. The van der Waals surface area contributed by atoms with Crippen LogP contribution < -0.4 is 0 Å². The smallest absolute Gasteiger partial charge is 0.410 e. The van der Waals surface area contributed by atoms with Crippen LogP contribution in [0.5, 0.6) is 0 Å². The quantitative estimate of drug-likeness (QED) is 0.747. The largest absolute Gasteiger partial charge is 0.444 e. The molecular formula is C18H24ClNO3. The first-order valence-corrected chi connectivity index (χ1v) is 8.33. The van der Waals surface area contributed by atoms with Gasteiger partial charge >= 0.3 is 6.09 Å². The lowest BCUT2D eigenvalue weighted by atomic mass is 9.88. The Bertz CT molecular complexity index is 607. The van der Waals surface area contributed by atoms with Crippen LogP contribution in [0.4, 0.5) is 4.79 Å². The Morgan fingerprint density at radius 1 is 1.30 bits per heavy atom. The second-order valence-electron chi connectivity index (χ2n) is 7.09. The lowest BCUT2D eigenvalue weighted by molar-refractivity contribution is 0.0172. The molecule has 5 heteroatoms. The normalized spacial score (nSPS) is 18.7. The summed E-state index contributed by atoms with van der Waals surface area (Å²) in [5.74, 6) is -0.147. The van der Waals surface area contributed by atoms with Gasteiger partial charge in [0.1, 0.15) is 5.60 Å². The van der Waals surface area contributed by atoms with Crippen LogP contribution >= 0.6 is 11.6 Å². The summed E-state index contributed by atoms with van der Waals surface area (Å²) >= 11 is 6.01. The third-order valence-electron chi connectivity index (χ3n) is 3.91. The third kappa shape index (κ3) is 4.71. The van der Waals surface area contributed by atoms with E-state index in [2.05, 4.69) is 0 Å². The lowest BCUT2D eigenvalue weighted by Gasteiger charge is -2.33. The zero-order valence-electron chi connectivity index (χ0n) is 14.2. The Balaban J connectivity index is 2.10. The summed E-state index contributed by atoms with van der Waals surface area (Å²) in [7, 11) is 0. The van der Waals surface area contributed by atoms with E-state index in [-0.39, 0.29) is 17.8 Å². The fourth-order valence-corrected chi connectivity index (χ4v) is 2.94. The van der Waals surface area contributed by atoms with E-state index in [0.29, 0.717) is 23.7 Å². The maximum atomic E-state index is 12.8. The van der Waals surface area contributed by atoms with Crippen molar-refractivity contribution in [3.05, 3.63) is 34.3 Å². The van der Waals surface area contributed by atoms with E-state index in [4.69, 9.17) is 16.3 Å². The predicted molar refractivity (Wildman–Crippen MR) is 91.1 cm³/mol. The van der Waals surface area contributed by atoms with Crippen molar-refractivity contribution in [3.63, 3.8) is 0 Å². The Morgan fingerprint density at radius 3 is 2.65 bits per heavy atom. The highest BCUT2D eigenvalue weighted by Gasteiger charge is 2.31. The maximum Gasteiger partial charge on any atom is 0.410 e. The minimum atomic E-state index is -0.530. The Kier molecular flexibility index (Phi) is 5.35. The van der Waals surface area contributed by atoms with E-state index in [9.17, 15) is 9.59 Å². The van der Waals surface area contributed by atoms with Crippen LogP contribution in [0.25, 0.3) is 0 Å². The molecule has 1 aliphatic rings. The molecule has 126 valence electrons. The van der Waals surface area contributed by atoms with Gasteiger partial charge in [0.25, 0.3) is 0 Å². The topological polar surface area (TPSA) is 46.6 Å². The highest BCUT2D eigenvalue weighted by Crippen LogP contribution is 2.25. The summed E-state index contributed by atoms with van der Waals surface area (Å²) in [5.41, 5.74) is 1.03. The number of rotatable bonds is 2. The van der Waals surface area contributed by atoms with E-state index >= 15 is 0 Å². The van der Waals surface area contributed by atoms with Gasteiger partial charge in [-0.3, -0.25) is 4.79 Å². The molecule has 1 aliphatic heterocycles. The standard InChI is InChI=1S/C18H24ClNO3/c1-12-7-8-14(19)10-15(12)16(21)13-6-5-9-20(11-13)17(22)23-18(2,3)4/h7-8,10,13H,5-6,9,11H2,1-4H3. The SMILES string of the molecule is Cc1ccc(Cl)cc1C(=O)C1CCCN(C(=O)OC(C)(C)C)C1. The Morgan fingerprint density at radius 2 is 2.00 bits per heavy atom. The molecule has 1 aromatic carbocycles. The molecule has 0 saturated carbocycles. The van der Waals surface area contributed by atoms with Crippen molar-refractivity contribution in [1.29, 1.82) is 0 Å². The Hall–Kier alpha value is -1.55. The number of hydrogen-bond acceptors (Lipinski definition) is 3. The van der Waals surface area contributed by atoms with Gasteiger partial charge in [0.15, 0.2) is 5.78 Å². The van der Waals surface area contributed by atoms with Crippen LogP contribution in [-0.4, -0.2) is 35.5 Å². The minimum Gasteiger partial charge on any atom is -0.444 e. The molecule has 1 aromatic rings. The number of halogens is 1. The fourth-order valence-electron chi connectivity index (χ4n) is 2.76. The number of nitrogens with zero attached hydrogens (tertiary/aromatic N) is 1. The number of carbonyl (C=O) groups is 2. The zero-order chi connectivity index (χ0) is 17.2. The summed E-state index contributed by atoms with van der Waals surface area (Å²) in [4.78, 5) is 26.6. The van der Waals surface area contributed by atoms with E-state index < -0.39 is 5.60 Å². The van der Waals surface area contributed by atoms with Crippen LogP contribution in [0, 0.1) is 12.8 Å². The van der Waals surface area contributed by atoms with Gasteiger partial charge in [-0.05, 0) is 58.2 Å². The molecule has 0 aliphatic carbocycles. The van der Waals surface area contributed by atoms with Crippen molar-refractivity contribution in [2.75, 3.05) is 13.1 Å². The number of piperidine rings is 1. The first-order valence-electron chi connectivity index (χ1n) is 7.95. The molecule has 1 amide bonds. The van der Waals surface area contributed by atoms with Gasteiger partial charge in [-0.1, -0.05) is 17.7 Å². The van der Waals surface area contributed by atoms with Gasteiger partial charge in [-0.2, -0.15) is 0 Å². The van der Waals surface area contributed by atoms with Gasteiger partial charge < -0.3 is 9.64 Å². The first kappa shape index (κ1) is 17.8. The minimum absolute atomic E-state index is 0.0539. The molecule has 1 unspecified atom stereocenters. The van der Waals surface area contributed by atoms with Gasteiger partial charge in [0.2, 0.25) is 0 Å². The van der Waals surface area contributed by atoms with Crippen molar-refractivity contribution >= 4 is 23.5 Å². The monoisotopic (exact) mass is 337 g/mol. The van der Waals surface area contributed by atoms with Crippen molar-refractivity contribution in [2.24, 2.45) is 5.92 Å². The highest BCUT2D eigenvalue weighted by atomic mass is 35.5. The van der Waals surface area contributed by atoms with Crippen molar-refractivity contribution < 1.29 is 14.3 Å². The number of likely N-dealkylation sites (tertiary alicyclic amines) is 1. The number of Topliss-reactive ketones (excluding diaryl/α,β-unsaturated/α-hetero) is 1. The van der Waals surface area contributed by atoms with Crippen molar-refractivity contribution in [3.8, 4) is 0 Å². The number of aryl methyl sites for hydroxylation is 1. The molecule has 2 rings (SSSR count).